The van der Waals surface area contributed by atoms with Crippen LogP contribution in [0.15, 0.2) is 121 Å². The molecule has 0 aliphatic carbocycles. The van der Waals surface area contributed by atoms with Crippen molar-refractivity contribution in [3.05, 3.63) is 144 Å². The quantitative estimate of drug-likeness (QED) is 0.353. The average Bonchev–Trinajstić information content (AvgIpc) is 3.23. The summed E-state index contributed by atoms with van der Waals surface area (Å²) >= 11 is 0. The largest absolute Gasteiger partial charge is 0.430 e. The van der Waals surface area contributed by atoms with E-state index in [0.717, 1.165) is 22.3 Å². The molecule has 1 heterocycles. The van der Waals surface area contributed by atoms with E-state index in [1.54, 1.807) is 0 Å². The molecule has 168 valence electrons. The van der Waals surface area contributed by atoms with Gasteiger partial charge in [0.05, 0.1) is 5.92 Å². The SMILES string of the molecule is C[C@@H](C(=O)N1C(=O)OC(c2ccccc2)(c2ccccc2)[C@@H]1c1ccccc1)c1ccccc1. The van der Waals surface area contributed by atoms with Crippen LogP contribution < -0.4 is 0 Å². The second-order valence-corrected chi connectivity index (χ2v) is 8.49. The minimum absolute atomic E-state index is 0.293. The molecule has 4 aromatic carbocycles. The van der Waals surface area contributed by atoms with Gasteiger partial charge in [0.2, 0.25) is 5.91 Å². The van der Waals surface area contributed by atoms with Crippen LogP contribution in [0, 0.1) is 0 Å². The maximum absolute atomic E-state index is 13.9. The smallest absolute Gasteiger partial charge is 0.418 e. The molecule has 2 amide bonds. The highest BCUT2D eigenvalue weighted by Crippen LogP contribution is 2.53. The van der Waals surface area contributed by atoms with Crippen molar-refractivity contribution < 1.29 is 14.3 Å². The summed E-state index contributed by atoms with van der Waals surface area (Å²) in [5, 5.41) is 0. The van der Waals surface area contributed by atoms with Crippen molar-refractivity contribution in [3.63, 3.8) is 0 Å². The minimum Gasteiger partial charge on any atom is -0.430 e. The van der Waals surface area contributed by atoms with Crippen molar-refractivity contribution in [1.29, 1.82) is 0 Å². The zero-order valence-corrected chi connectivity index (χ0v) is 18.9. The van der Waals surface area contributed by atoms with Gasteiger partial charge in [0.25, 0.3) is 0 Å². The molecule has 1 aliphatic heterocycles. The van der Waals surface area contributed by atoms with Crippen LogP contribution in [0.1, 0.15) is 41.1 Å². The molecule has 1 aliphatic rings. The van der Waals surface area contributed by atoms with E-state index < -0.39 is 23.7 Å². The van der Waals surface area contributed by atoms with E-state index in [2.05, 4.69) is 0 Å². The Morgan fingerprint density at radius 1 is 0.735 bits per heavy atom. The summed E-state index contributed by atoms with van der Waals surface area (Å²) in [6.07, 6.45) is -0.644. The fourth-order valence-corrected chi connectivity index (χ4v) is 4.83. The molecule has 0 radical (unpaired) electrons. The normalized spacial score (nSPS) is 17.7. The van der Waals surface area contributed by atoms with Gasteiger partial charge in [-0.2, -0.15) is 0 Å². The third kappa shape index (κ3) is 3.57. The molecule has 0 unspecified atom stereocenters. The molecular formula is C30H25NO3. The average molecular weight is 448 g/mol. The van der Waals surface area contributed by atoms with Gasteiger partial charge in [-0.3, -0.25) is 4.79 Å². The van der Waals surface area contributed by atoms with Crippen molar-refractivity contribution in [2.24, 2.45) is 0 Å². The van der Waals surface area contributed by atoms with E-state index in [9.17, 15) is 9.59 Å². The van der Waals surface area contributed by atoms with Gasteiger partial charge in [0.1, 0.15) is 6.04 Å². The third-order valence-electron chi connectivity index (χ3n) is 6.52. The fraction of sp³-hybridized carbons (Fsp3) is 0.133. The van der Waals surface area contributed by atoms with Gasteiger partial charge >= 0.3 is 6.09 Å². The molecule has 1 saturated heterocycles. The summed E-state index contributed by atoms with van der Waals surface area (Å²) < 4.78 is 6.27. The van der Waals surface area contributed by atoms with Crippen molar-refractivity contribution in [3.8, 4) is 0 Å². The van der Waals surface area contributed by atoms with Gasteiger partial charge in [-0.15, -0.1) is 0 Å². The molecule has 4 heteroatoms. The van der Waals surface area contributed by atoms with Gasteiger partial charge in [0, 0.05) is 11.1 Å². The van der Waals surface area contributed by atoms with Crippen LogP contribution in [0.25, 0.3) is 0 Å². The Hall–Kier alpha value is -4.18. The Morgan fingerprint density at radius 3 is 1.68 bits per heavy atom. The Kier molecular flexibility index (Phi) is 5.72. The third-order valence-corrected chi connectivity index (χ3v) is 6.52. The molecule has 5 rings (SSSR count). The summed E-state index contributed by atoms with van der Waals surface area (Å²) in [5.41, 5.74) is 2.11. The first-order chi connectivity index (χ1) is 16.6. The molecule has 4 aromatic rings. The highest BCUT2D eigenvalue weighted by atomic mass is 16.6. The van der Waals surface area contributed by atoms with E-state index >= 15 is 0 Å². The van der Waals surface area contributed by atoms with Crippen LogP contribution >= 0.6 is 0 Å². The van der Waals surface area contributed by atoms with Crippen LogP contribution in [0.3, 0.4) is 0 Å². The van der Waals surface area contributed by atoms with E-state index in [4.69, 9.17) is 4.74 Å². The molecule has 1 fully saturated rings. The number of amides is 2. The zero-order valence-electron chi connectivity index (χ0n) is 18.9. The molecule has 0 saturated carbocycles. The minimum atomic E-state index is -1.19. The predicted molar refractivity (Wildman–Crippen MR) is 131 cm³/mol. The van der Waals surface area contributed by atoms with Crippen molar-refractivity contribution in [2.45, 2.75) is 24.5 Å². The number of hydrogen-bond acceptors (Lipinski definition) is 3. The fourth-order valence-electron chi connectivity index (χ4n) is 4.83. The van der Waals surface area contributed by atoms with Crippen LogP contribution in [0.5, 0.6) is 0 Å². The van der Waals surface area contributed by atoms with Crippen LogP contribution in [-0.4, -0.2) is 16.9 Å². The molecule has 4 nitrogen and oxygen atoms in total. The second-order valence-electron chi connectivity index (χ2n) is 8.49. The van der Waals surface area contributed by atoms with Crippen molar-refractivity contribution in [1.82, 2.24) is 4.90 Å². The van der Waals surface area contributed by atoms with E-state index in [1.165, 1.54) is 4.90 Å². The molecule has 34 heavy (non-hydrogen) atoms. The van der Waals surface area contributed by atoms with Gasteiger partial charge in [0.15, 0.2) is 5.60 Å². The number of carbonyl (C=O) groups excluding carboxylic acids is 2. The zero-order chi connectivity index (χ0) is 23.5. The highest BCUT2D eigenvalue weighted by Gasteiger charge is 2.59. The number of rotatable bonds is 5. The van der Waals surface area contributed by atoms with E-state index in [1.807, 2.05) is 128 Å². The first-order valence-corrected chi connectivity index (χ1v) is 11.4. The lowest BCUT2D eigenvalue weighted by atomic mass is 9.77. The van der Waals surface area contributed by atoms with Crippen molar-refractivity contribution in [2.75, 3.05) is 0 Å². The number of carbonyl (C=O) groups is 2. The summed E-state index contributed by atoms with van der Waals surface area (Å²) in [5.74, 6) is -0.805. The summed E-state index contributed by atoms with van der Waals surface area (Å²) in [6.45, 7) is 1.83. The summed E-state index contributed by atoms with van der Waals surface area (Å²) in [4.78, 5) is 28.8. The van der Waals surface area contributed by atoms with Gasteiger partial charge < -0.3 is 4.74 Å². The summed E-state index contributed by atoms with van der Waals surface area (Å²) in [7, 11) is 0. The number of cyclic esters (lactones) is 1. The monoisotopic (exact) mass is 447 g/mol. The predicted octanol–water partition coefficient (Wildman–Crippen LogP) is 6.45. The lowest BCUT2D eigenvalue weighted by Crippen LogP contribution is -2.41. The van der Waals surface area contributed by atoms with E-state index in [-0.39, 0.29) is 5.91 Å². The van der Waals surface area contributed by atoms with Gasteiger partial charge in [-0.05, 0) is 18.1 Å². The van der Waals surface area contributed by atoms with Gasteiger partial charge in [-0.25, -0.2) is 9.69 Å². The van der Waals surface area contributed by atoms with E-state index in [0.29, 0.717) is 0 Å². The molecule has 0 aromatic heterocycles. The Bertz CT molecular complexity index is 1230. The number of hydrogen-bond donors (Lipinski definition) is 0. The molecule has 2 atom stereocenters. The molecule has 0 spiro atoms. The lowest BCUT2D eigenvalue weighted by Gasteiger charge is -2.36. The molecule has 0 N–H and O–H groups in total. The lowest BCUT2D eigenvalue weighted by molar-refractivity contribution is -0.131. The highest BCUT2D eigenvalue weighted by molar-refractivity contribution is 5.98. The van der Waals surface area contributed by atoms with Crippen LogP contribution in [0.2, 0.25) is 0 Å². The number of imide groups is 1. The molecular weight excluding hydrogens is 422 g/mol. The maximum Gasteiger partial charge on any atom is 0.418 e. The first kappa shape index (κ1) is 21.7. The van der Waals surface area contributed by atoms with Gasteiger partial charge in [-0.1, -0.05) is 121 Å². The first-order valence-electron chi connectivity index (χ1n) is 11.4. The van der Waals surface area contributed by atoms with Crippen molar-refractivity contribution >= 4 is 12.0 Å². The summed E-state index contributed by atoms with van der Waals surface area (Å²) in [6, 6.07) is 37.8. The maximum atomic E-state index is 13.9. The Labute approximate surface area is 199 Å². The Balaban J connectivity index is 1.73. The number of benzene rings is 4. The number of nitrogens with zero attached hydrogens (tertiary/aromatic N) is 1. The topological polar surface area (TPSA) is 46.6 Å². The Morgan fingerprint density at radius 2 is 1.18 bits per heavy atom. The molecule has 0 bridgehead atoms. The van der Waals surface area contributed by atoms with Crippen LogP contribution in [-0.2, 0) is 15.1 Å². The number of ether oxygens (including phenoxy) is 1. The standard InChI is InChI=1S/C30H25NO3/c1-22(23-14-6-2-7-15-23)28(32)31-27(24-16-8-3-9-17-24)30(34-29(31)33,25-18-10-4-11-19-25)26-20-12-5-13-21-26/h2-22,27H,1H3/t22-,27+/m1/s1. The second kappa shape index (κ2) is 8.99. The van der Waals surface area contributed by atoms with Crippen LogP contribution in [0.4, 0.5) is 4.79 Å².